The van der Waals surface area contributed by atoms with Crippen LogP contribution in [0.15, 0.2) is 47.1 Å². The molecule has 0 radical (unpaired) electrons. The Morgan fingerprint density at radius 1 is 1.15 bits per heavy atom. The van der Waals surface area contributed by atoms with Gasteiger partial charge in [-0.3, -0.25) is 14.5 Å². The lowest BCUT2D eigenvalue weighted by Gasteiger charge is -2.22. The van der Waals surface area contributed by atoms with Gasteiger partial charge < -0.3 is 15.1 Å². The number of hydrogen-bond acceptors (Lipinski definition) is 4. The van der Waals surface area contributed by atoms with Crippen LogP contribution in [0.25, 0.3) is 0 Å². The van der Waals surface area contributed by atoms with Crippen molar-refractivity contribution in [2.24, 2.45) is 0 Å². The molecule has 26 heavy (non-hydrogen) atoms. The SMILES string of the molecule is CN(C)[C@@H](CNC(=O)CCCNC(=O)c1ccc(Cl)cc1)c1ccco1. The van der Waals surface area contributed by atoms with Gasteiger partial charge in [0.1, 0.15) is 5.76 Å². The third kappa shape index (κ3) is 6.20. The van der Waals surface area contributed by atoms with E-state index < -0.39 is 0 Å². The van der Waals surface area contributed by atoms with Gasteiger partial charge in [-0.1, -0.05) is 11.6 Å². The summed E-state index contributed by atoms with van der Waals surface area (Å²) in [6.07, 6.45) is 2.54. The molecule has 0 saturated heterocycles. The van der Waals surface area contributed by atoms with Gasteiger partial charge in [0, 0.05) is 30.1 Å². The molecule has 0 aliphatic heterocycles. The third-order valence-electron chi connectivity index (χ3n) is 3.96. The Morgan fingerprint density at radius 3 is 2.50 bits per heavy atom. The molecular weight excluding hydrogens is 354 g/mol. The van der Waals surface area contributed by atoms with Crippen LogP contribution in [0.2, 0.25) is 5.02 Å². The van der Waals surface area contributed by atoms with Crippen molar-refractivity contribution < 1.29 is 14.0 Å². The molecule has 2 aromatic rings. The molecule has 0 aliphatic carbocycles. The van der Waals surface area contributed by atoms with E-state index in [-0.39, 0.29) is 17.9 Å². The van der Waals surface area contributed by atoms with E-state index in [2.05, 4.69) is 10.6 Å². The predicted octanol–water partition coefficient (Wildman–Crippen LogP) is 2.86. The Labute approximate surface area is 158 Å². The molecule has 1 heterocycles. The quantitative estimate of drug-likeness (QED) is 0.659. The largest absolute Gasteiger partial charge is 0.468 e. The van der Waals surface area contributed by atoms with Crippen LogP contribution < -0.4 is 10.6 Å². The second kappa shape index (κ2) is 9.99. The smallest absolute Gasteiger partial charge is 0.251 e. The van der Waals surface area contributed by atoms with Crippen LogP contribution in [-0.2, 0) is 4.79 Å². The first-order chi connectivity index (χ1) is 12.5. The molecular formula is C19H24ClN3O3. The van der Waals surface area contributed by atoms with Gasteiger partial charge in [0.25, 0.3) is 5.91 Å². The van der Waals surface area contributed by atoms with Crippen LogP contribution in [0.4, 0.5) is 0 Å². The van der Waals surface area contributed by atoms with E-state index in [9.17, 15) is 9.59 Å². The number of furan rings is 1. The van der Waals surface area contributed by atoms with E-state index in [4.69, 9.17) is 16.0 Å². The van der Waals surface area contributed by atoms with Gasteiger partial charge in [0.15, 0.2) is 0 Å². The fraction of sp³-hybridized carbons (Fsp3) is 0.368. The molecule has 0 unspecified atom stereocenters. The summed E-state index contributed by atoms with van der Waals surface area (Å²) in [4.78, 5) is 25.9. The average Bonchev–Trinajstić information content (AvgIpc) is 3.13. The highest BCUT2D eigenvalue weighted by molar-refractivity contribution is 6.30. The van der Waals surface area contributed by atoms with Crippen LogP contribution in [-0.4, -0.2) is 43.9 Å². The van der Waals surface area contributed by atoms with Crippen LogP contribution >= 0.6 is 11.6 Å². The Morgan fingerprint density at radius 2 is 1.88 bits per heavy atom. The van der Waals surface area contributed by atoms with Crippen molar-refractivity contribution in [1.82, 2.24) is 15.5 Å². The number of rotatable bonds is 9. The lowest BCUT2D eigenvalue weighted by atomic mass is 10.2. The van der Waals surface area contributed by atoms with Gasteiger partial charge in [-0.25, -0.2) is 0 Å². The summed E-state index contributed by atoms with van der Waals surface area (Å²) >= 11 is 5.80. The second-order valence-corrected chi connectivity index (χ2v) is 6.60. The highest BCUT2D eigenvalue weighted by Gasteiger charge is 2.17. The number of benzene rings is 1. The summed E-state index contributed by atoms with van der Waals surface area (Å²) in [7, 11) is 3.87. The Kier molecular flexibility index (Phi) is 7.69. The monoisotopic (exact) mass is 377 g/mol. The maximum Gasteiger partial charge on any atom is 0.251 e. The Bertz CT molecular complexity index is 699. The highest BCUT2D eigenvalue weighted by Crippen LogP contribution is 2.17. The van der Waals surface area contributed by atoms with Gasteiger partial charge >= 0.3 is 0 Å². The topological polar surface area (TPSA) is 74.6 Å². The zero-order valence-corrected chi connectivity index (χ0v) is 15.8. The number of nitrogens with zero attached hydrogens (tertiary/aromatic N) is 1. The van der Waals surface area contributed by atoms with E-state index in [0.29, 0.717) is 36.5 Å². The van der Waals surface area contributed by atoms with E-state index in [1.54, 1.807) is 30.5 Å². The van der Waals surface area contributed by atoms with Gasteiger partial charge in [0.05, 0.1) is 12.3 Å². The molecule has 2 rings (SSSR count). The van der Waals surface area contributed by atoms with Crippen LogP contribution in [0.5, 0.6) is 0 Å². The molecule has 0 spiro atoms. The molecule has 1 atom stereocenters. The van der Waals surface area contributed by atoms with E-state index >= 15 is 0 Å². The van der Waals surface area contributed by atoms with Crippen molar-refractivity contribution >= 4 is 23.4 Å². The van der Waals surface area contributed by atoms with Crippen molar-refractivity contribution in [2.75, 3.05) is 27.2 Å². The molecule has 0 aliphatic rings. The lowest BCUT2D eigenvalue weighted by Crippen LogP contribution is -2.34. The van der Waals surface area contributed by atoms with Crippen LogP contribution in [0.3, 0.4) is 0 Å². The summed E-state index contributed by atoms with van der Waals surface area (Å²) in [6, 6.07) is 10.4. The lowest BCUT2D eigenvalue weighted by molar-refractivity contribution is -0.121. The average molecular weight is 378 g/mol. The summed E-state index contributed by atoms with van der Waals surface area (Å²) in [5, 5.41) is 6.29. The normalized spacial score (nSPS) is 12.0. The van der Waals surface area contributed by atoms with Gasteiger partial charge in [0.2, 0.25) is 5.91 Å². The molecule has 0 saturated carbocycles. The van der Waals surface area contributed by atoms with Crippen molar-refractivity contribution in [3.63, 3.8) is 0 Å². The van der Waals surface area contributed by atoms with E-state index in [1.165, 1.54) is 0 Å². The number of nitrogens with one attached hydrogen (secondary N) is 2. The number of amides is 2. The standard InChI is InChI=1S/C19H24ClN3O3/c1-23(2)16(17-5-4-12-26-17)13-22-18(24)6-3-11-21-19(25)14-7-9-15(20)10-8-14/h4-5,7-10,12,16H,3,6,11,13H2,1-2H3,(H,21,25)(H,22,24)/t16-/m0/s1. The minimum absolute atomic E-state index is 0.0152. The number of likely N-dealkylation sites (N-methyl/N-ethyl adjacent to an activating group) is 1. The fourth-order valence-corrected chi connectivity index (χ4v) is 2.60. The number of hydrogen-bond donors (Lipinski definition) is 2. The summed E-state index contributed by atoms with van der Waals surface area (Å²) in [5.41, 5.74) is 0.547. The number of carbonyl (C=O) groups excluding carboxylic acids is 2. The summed E-state index contributed by atoms with van der Waals surface area (Å²) in [6.45, 7) is 0.903. The van der Waals surface area contributed by atoms with Crippen LogP contribution in [0, 0.1) is 0 Å². The van der Waals surface area contributed by atoms with Crippen molar-refractivity contribution in [2.45, 2.75) is 18.9 Å². The van der Waals surface area contributed by atoms with E-state index in [0.717, 1.165) is 5.76 Å². The van der Waals surface area contributed by atoms with Gasteiger partial charge in [-0.15, -0.1) is 0 Å². The zero-order chi connectivity index (χ0) is 18.9. The third-order valence-corrected chi connectivity index (χ3v) is 4.21. The first kappa shape index (κ1) is 20.0. The maximum absolute atomic E-state index is 12.0. The maximum atomic E-state index is 12.0. The molecule has 0 fully saturated rings. The minimum atomic E-state index is -0.174. The predicted molar refractivity (Wildman–Crippen MR) is 101 cm³/mol. The molecule has 140 valence electrons. The van der Waals surface area contributed by atoms with Crippen LogP contribution in [0.1, 0.15) is 35.0 Å². The fourth-order valence-electron chi connectivity index (χ4n) is 2.47. The minimum Gasteiger partial charge on any atom is -0.468 e. The first-order valence-corrected chi connectivity index (χ1v) is 8.85. The van der Waals surface area contributed by atoms with E-state index in [1.807, 2.05) is 31.1 Å². The molecule has 2 N–H and O–H groups in total. The van der Waals surface area contributed by atoms with Crippen molar-refractivity contribution in [1.29, 1.82) is 0 Å². The summed E-state index contributed by atoms with van der Waals surface area (Å²) in [5.74, 6) is 0.585. The first-order valence-electron chi connectivity index (χ1n) is 8.47. The molecule has 7 heteroatoms. The highest BCUT2D eigenvalue weighted by atomic mass is 35.5. The molecule has 6 nitrogen and oxygen atoms in total. The van der Waals surface area contributed by atoms with Gasteiger partial charge in [-0.05, 0) is 56.9 Å². The molecule has 1 aromatic carbocycles. The zero-order valence-electron chi connectivity index (χ0n) is 15.0. The van der Waals surface area contributed by atoms with Gasteiger partial charge in [-0.2, -0.15) is 0 Å². The Balaban J connectivity index is 1.67. The van der Waals surface area contributed by atoms with Crippen molar-refractivity contribution in [3.8, 4) is 0 Å². The molecule has 1 aromatic heterocycles. The van der Waals surface area contributed by atoms with Crippen molar-refractivity contribution in [3.05, 3.63) is 59.0 Å². The second-order valence-electron chi connectivity index (χ2n) is 6.17. The molecule has 2 amide bonds. The molecule has 0 bridgehead atoms. The summed E-state index contributed by atoms with van der Waals surface area (Å²) < 4.78 is 5.41. The number of carbonyl (C=O) groups is 2. The Hall–Kier alpha value is -2.31. The number of halogens is 1.